The molecule has 2 aromatic rings. The van der Waals surface area contributed by atoms with Gasteiger partial charge >= 0.3 is 0 Å². The topological polar surface area (TPSA) is 42.0 Å². The molecule has 0 radical (unpaired) electrons. The van der Waals surface area contributed by atoms with E-state index in [0.29, 0.717) is 24.2 Å². The van der Waals surface area contributed by atoms with E-state index in [2.05, 4.69) is 26.2 Å². The Morgan fingerprint density at radius 2 is 2.16 bits per heavy atom. The Labute approximate surface area is 119 Å². The molecule has 0 bridgehead atoms. The molecule has 1 heterocycles. The second-order valence-electron chi connectivity index (χ2n) is 3.96. The Morgan fingerprint density at radius 1 is 1.32 bits per heavy atom. The van der Waals surface area contributed by atoms with E-state index in [1.165, 1.54) is 6.07 Å². The van der Waals surface area contributed by atoms with Gasteiger partial charge in [0.1, 0.15) is 11.5 Å². The van der Waals surface area contributed by atoms with Crippen LogP contribution in [0.2, 0.25) is 0 Å². The minimum absolute atomic E-state index is 0.254. The molecule has 5 heteroatoms. The number of halogens is 2. The Hall–Kier alpha value is -1.75. The number of aromatic nitrogens is 1. The lowest BCUT2D eigenvalue weighted by Gasteiger charge is -2.06. The van der Waals surface area contributed by atoms with Crippen LogP contribution < -0.4 is 5.32 Å². The van der Waals surface area contributed by atoms with E-state index < -0.39 is 0 Å². The fourth-order valence-electron chi connectivity index (χ4n) is 1.63. The Balaban J connectivity index is 1.90. The summed E-state index contributed by atoms with van der Waals surface area (Å²) in [5.74, 6) is -0.522. The molecule has 0 saturated carbocycles. The van der Waals surface area contributed by atoms with Gasteiger partial charge in [0, 0.05) is 17.2 Å². The molecule has 0 saturated heterocycles. The molecular weight excluding hydrogens is 311 g/mol. The van der Waals surface area contributed by atoms with Gasteiger partial charge in [-0.2, -0.15) is 0 Å². The van der Waals surface area contributed by atoms with Gasteiger partial charge in [0.15, 0.2) is 0 Å². The lowest BCUT2D eigenvalue weighted by molar-refractivity contribution is 0.0949. The minimum atomic E-state index is -0.268. The van der Waals surface area contributed by atoms with Crippen LogP contribution in [-0.4, -0.2) is 17.4 Å². The molecule has 0 aliphatic carbocycles. The molecule has 0 unspecified atom stereocenters. The predicted molar refractivity (Wildman–Crippen MR) is 74.4 cm³/mol. The van der Waals surface area contributed by atoms with Crippen LogP contribution in [0.15, 0.2) is 47.1 Å². The van der Waals surface area contributed by atoms with Crippen molar-refractivity contribution in [3.63, 3.8) is 0 Å². The highest BCUT2D eigenvalue weighted by Gasteiger charge is 2.07. The molecule has 98 valence electrons. The highest BCUT2D eigenvalue weighted by atomic mass is 79.9. The van der Waals surface area contributed by atoms with Crippen LogP contribution in [0.25, 0.3) is 0 Å². The highest BCUT2D eigenvalue weighted by Crippen LogP contribution is 2.15. The van der Waals surface area contributed by atoms with Gasteiger partial charge in [0.25, 0.3) is 5.91 Å². The fourth-order valence-corrected chi connectivity index (χ4v) is 2.04. The van der Waals surface area contributed by atoms with E-state index in [0.717, 1.165) is 4.47 Å². The van der Waals surface area contributed by atoms with Gasteiger partial charge < -0.3 is 5.32 Å². The van der Waals surface area contributed by atoms with E-state index >= 15 is 0 Å². The van der Waals surface area contributed by atoms with E-state index in [-0.39, 0.29) is 11.7 Å². The summed E-state index contributed by atoms with van der Waals surface area (Å²) < 4.78 is 14.3. The second-order valence-corrected chi connectivity index (χ2v) is 4.87. The number of hydrogen-bond donors (Lipinski definition) is 1. The first-order valence-electron chi connectivity index (χ1n) is 5.80. The number of amides is 1. The van der Waals surface area contributed by atoms with Crippen molar-refractivity contribution in [2.24, 2.45) is 0 Å². The van der Waals surface area contributed by atoms with Gasteiger partial charge in [-0.05, 0) is 42.3 Å². The second kappa shape index (κ2) is 6.43. The number of hydrogen-bond acceptors (Lipinski definition) is 2. The Morgan fingerprint density at radius 3 is 2.89 bits per heavy atom. The highest BCUT2D eigenvalue weighted by molar-refractivity contribution is 9.10. The van der Waals surface area contributed by atoms with E-state index in [4.69, 9.17) is 0 Å². The van der Waals surface area contributed by atoms with E-state index in [1.54, 1.807) is 36.5 Å². The number of benzene rings is 1. The molecule has 1 aromatic carbocycles. The first kappa shape index (κ1) is 13.7. The molecule has 3 nitrogen and oxygen atoms in total. The Kier molecular flexibility index (Phi) is 4.63. The van der Waals surface area contributed by atoms with Crippen LogP contribution in [0, 0.1) is 5.82 Å². The number of pyridine rings is 1. The lowest BCUT2D eigenvalue weighted by atomic mass is 10.1. The first-order chi connectivity index (χ1) is 9.16. The summed E-state index contributed by atoms with van der Waals surface area (Å²) in [6.45, 7) is 0.364. The molecule has 0 fully saturated rings. The molecule has 0 atom stereocenters. The summed E-state index contributed by atoms with van der Waals surface area (Å²) in [5, 5.41) is 2.71. The summed E-state index contributed by atoms with van der Waals surface area (Å²) in [5.41, 5.74) is 0.924. The van der Waals surface area contributed by atoms with Crippen LogP contribution in [-0.2, 0) is 6.42 Å². The molecule has 2 rings (SSSR count). The summed E-state index contributed by atoms with van der Waals surface area (Å²) in [7, 11) is 0. The van der Waals surface area contributed by atoms with Crippen molar-refractivity contribution in [2.45, 2.75) is 6.42 Å². The van der Waals surface area contributed by atoms with Gasteiger partial charge in [0.05, 0.1) is 0 Å². The maximum atomic E-state index is 13.5. The zero-order chi connectivity index (χ0) is 13.7. The van der Waals surface area contributed by atoms with Gasteiger partial charge in [-0.1, -0.05) is 22.0 Å². The third-order valence-corrected chi connectivity index (χ3v) is 3.08. The largest absolute Gasteiger partial charge is 0.350 e. The van der Waals surface area contributed by atoms with Crippen LogP contribution in [0.1, 0.15) is 16.1 Å². The molecule has 0 spiro atoms. The maximum Gasteiger partial charge on any atom is 0.269 e. The number of rotatable bonds is 4. The number of carbonyl (C=O) groups is 1. The normalized spacial score (nSPS) is 10.2. The third kappa shape index (κ3) is 3.86. The summed E-state index contributed by atoms with van der Waals surface area (Å²) in [4.78, 5) is 15.7. The average Bonchev–Trinajstić information content (AvgIpc) is 2.43. The van der Waals surface area contributed by atoms with Gasteiger partial charge in [0.2, 0.25) is 0 Å². The molecule has 1 aromatic heterocycles. The number of nitrogens with zero attached hydrogens (tertiary/aromatic N) is 1. The molecule has 0 aliphatic rings. The van der Waals surface area contributed by atoms with Gasteiger partial charge in [-0.3, -0.25) is 9.78 Å². The molecular formula is C14H12BrFN2O. The van der Waals surface area contributed by atoms with E-state index in [1.807, 2.05) is 0 Å². The standard InChI is InChI=1S/C14H12BrFN2O/c15-11-4-5-12(16)10(9-11)6-8-18-14(19)13-3-1-2-7-17-13/h1-5,7,9H,6,8H2,(H,18,19). The number of carbonyl (C=O) groups excluding carboxylic acids is 1. The summed E-state index contributed by atoms with van der Waals surface area (Å²) in [6.07, 6.45) is 1.99. The van der Waals surface area contributed by atoms with Crippen LogP contribution >= 0.6 is 15.9 Å². The van der Waals surface area contributed by atoms with Crippen molar-refractivity contribution in [1.29, 1.82) is 0 Å². The zero-order valence-corrected chi connectivity index (χ0v) is 11.7. The monoisotopic (exact) mass is 322 g/mol. The van der Waals surface area contributed by atoms with Crippen molar-refractivity contribution in [3.8, 4) is 0 Å². The SMILES string of the molecule is O=C(NCCc1cc(Br)ccc1F)c1ccccn1. The molecule has 1 amide bonds. The third-order valence-electron chi connectivity index (χ3n) is 2.59. The minimum Gasteiger partial charge on any atom is -0.350 e. The van der Waals surface area contributed by atoms with Crippen LogP contribution in [0.5, 0.6) is 0 Å². The van der Waals surface area contributed by atoms with Crippen molar-refractivity contribution < 1.29 is 9.18 Å². The zero-order valence-electron chi connectivity index (χ0n) is 10.1. The van der Waals surface area contributed by atoms with Crippen molar-refractivity contribution in [3.05, 3.63) is 64.1 Å². The quantitative estimate of drug-likeness (QED) is 0.940. The molecule has 1 N–H and O–H groups in total. The predicted octanol–water partition coefficient (Wildman–Crippen LogP) is 2.96. The molecule has 19 heavy (non-hydrogen) atoms. The average molecular weight is 323 g/mol. The molecule has 0 aliphatic heterocycles. The fraction of sp³-hybridized carbons (Fsp3) is 0.143. The van der Waals surface area contributed by atoms with Gasteiger partial charge in [-0.15, -0.1) is 0 Å². The van der Waals surface area contributed by atoms with Crippen molar-refractivity contribution >= 4 is 21.8 Å². The van der Waals surface area contributed by atoms with Gasteiger partial charge in [-0.25, -0.2) is 4.39 Å². The maximum absolute atomic E-state index is 13.5. The first-order valence-corrected chi connectivity index (χ1v) is 6.59. The summed E-state index contributed by atoms with van der Waals surface area (Å²) in [6, 6.07) is 9.88. The number of nitrogens with one attached hydrogen (secondary N) is 1. The summed E-state index contributed by atoms with van der Waals surface area (Å²) >= 11 is 3.29. The Bertz CT molecular complexity index is 575. The van der Waals surface area contributed by atoms with Crippen molar-refractivity contribution in [2.75, 3.05) is 6.54 Å². The van der Waals surface area contributed by atoms with Crippen LogP contribution in [0.3, 0.4) is 0 Å². The van der Waals surface area contributed by atoms with Crippen LogP contribution in [0.4, 0.5) is 4.39 Å². The lowest BCUT2D eigenvalue weighted by Crippen LogP contribution is -2.26. The van der Waals surface area contributed by atoms with E-state index in [9.17, 15) is 9.18 Å². The van der Waals surface area contributed by atoms with Crippen molar-refractivity contribution in [1.82, 2.24) is 10.3 Å². The smallest absolute Gasteiger partial charge is 0.269 e.